The van der Waals surface area contributed by atoms with Gasteiger partial charge in [-0.15, -0.1) is 11.3 Å². The van der Waals surface area contributed by atoms with Gasteiger partial charge >= 0.3 is 0 Å². The van der Waals surface area contributed by atoms with Gasteiger partial charge in [-0.05, 0) is 37.1 Å². The fourth-order valence-electron chi connectivity index (χ4n) is 3.26. The van der Waals surface area contributed by atoms with Gasteiger partial charge in [-0.1, -0.05) is 0 Å². The molecule has 1 saturated carbocycles. The molecular weight excluding hydrogens is 365 g/mol. The molecule has 3 aromatic heterocycles. The second-order valence-electron chi connectivity index (χ2n) is 6.61. The molecule has 0 unspecified atom stereocenters. The molecule has 0 bridgehead atoms. The van der Waals surface area contributed by atoms with Crippen molar-refractivity contribution in [2.75, 3.05) is 12.4 Å². The smallest absolute Gasteiger partial charge is 0.273 e. The minimum Gasteiger partial charge on any atom is -0.497 e. The summed E-state index contributed by atoms with van der Waals surface area (Å²) in [5.41, 5.74) is 0.947. The van der Waals surface area contributed by atoms with E-state index in [4.69, 9.17) is 4.74 Å². The number of nitrogens with one attached hydrogen (secondary N) is 1. The maximum absolute atomic E-state index is 14.5. The van der Waals surface area contributed by atoms with Gasteiger partial charge in [0.25, 0.3) is 5.56 Å². The van der Waals surface area contributed by atoms with Crippen LogP contribution in [0, 0.1) is 5.82 Å². The summed E-state index contributed by atoms with van der Waals surface area (Å²) >= 11 is 1.34. The molecule has 4 aromatic rings. The molecule has 0 radical (unpaired) electrons. The molecule has 5 rings (SSSR count). The monoisotopic (exact) mass is 381 g/mol. The van der Waals surface area contributed by atoms with Crippen LogP contribution in [-0.2, 0) is 0 Å². The molecular formula is C20H16FN3O2S. The van der Waals surface area contributed by atoms with Crippen LogP contribution in [0.15, 0.2) is 47.5 Å². The molecule has 0 spiro atoms. The fourth-order valence-corrected chi connectivity index (χ4v) is 4.35. The van der Waals surface area contributed by atoms with E-state index in [1.807, 2.05) is 12.1 Å². The fraction of sp³-hybridized carbons (Fsp3) is 0.200. The van der Waals surface area contributed by atoms with Crippen molar-refractivity contribution >= 4 is 37.3 Å². The minimum atomic E-state index is -0.508. The van der Waals surface area contributed by atoms with Gasteiger partial charge in [0.2, 0.25) is 0 Å². The first kappa shape index (κ1) is 16.3. The second-order valence-corrected chi connectivity index (χ2v) is 7.61. The van der Waals surface area contributed by atoms with E-state index in [2.05, 4.69) is 10.3 Å². The number of benzene rings is 1. The number of pyridine rings is 2. The highest BCUT2D eigenvalue weighted by atomic mass is 32.1. The van der Waals surface area contributed by atoms with E-state index in [0.29, 0.717) is 16.5 Å². The number of fused-ring (bicyclic) bond motifs is 3. The molecule has 0 saturated heterocycles. The summed E-state index contributed by atoms with van der Waals surface area (Å²) in [7, 11) is 1.48. The number of hydrogen-bond acceptors (Lipinski definition) is 5. The summed E-state index contributed by atoms with van der Waals surface area (Å²) < 4.78 is 21.4. The predicted octanol–water partition coefficient (Wildman–Crippen LogP) is 4.32. The molecule has 0 amide bonds. The molecule has 0 atom stereocenters. The zero-order valence-electron chi connectivity index (χ0n) is 14.5. The number of ether oxygens (including phenoxy) is 1. The van der Waals surface area contributed by atoms with Crippen molar-refractivity contribution in [2.24, 2.45) is 0 Å². The zero-order valence-corrected chi connectivity index (χ0v) is 15.3. The van der Waals surface area contributed by atoms with Gasteiger partial charge in [0, 0.05) is 41.0 Å². The maximum atomic E-state index is 14.5. The van der Waals surface area contributed by atoms with Crippen LogP contribution in [0.2, 0.25) is 0 Å². The lowest BCUT2D eigenvalue weighted by molar-refractivity contribution is 0.411. The number of aromatic nitrogens is 2. The molecule has 136 valence electrons. The Morgan fingerprint density at radius 3 is 2.89 bits per heavy atom. The van der Waals surface area contributed by atoms with Crippen LogP contribution >= 0.6 is 11.3 Å². The Bertz CT molecular complexity index is 1240. The summed E-state index contributed by atoms with van der Waals surface area (Å²) in [5, 5.41) is 5.32. The Balaban J connectivity index is 1.72. The van der Waals surface area contributed by atoms with Crippen molar-refractivity contribution in [2.45, 2.75) is 18.9 Å². The molecule has 7 heteroatoms. The standard InChI is InChI=1S/C20H16FN3O2S/c1-26-12-4-5-16(14(21)10-12)24-9-7-13-17-15(23-11-2-3-11)6-8-22-19(17)27-18(13)20(24)25/h4-11H,2-3H2,1H3,(H,22,23). The molecule has 0 aliphatic heterocycles. The van der Waals surface area contributed by atoms with Crippen molar-refractivity contribution in [1.29, 1.82) is 0 Å². The number of nitrogens with zero attached hydrogens (tertiary/aromatic N) is 2. The van der Waals surface area contributed by atoms with Crippen molar-refractivity contribution < 1.29 is 9.13 Å². The SMILES string of the molecule is COc1ccc(-n2ccc3c(sc4nccc(NC5CC5)c43)c2=O)c(F)c1. The van der Waals surface area contributed by atoms with Gasteiger partial charge < -0.3 is 10.1 Å². The average Bonchev–Trinajstić information content (AvgIpc) is 3.40. The first-order valence-electron chi connectivity index (χ1n) is 8.69. The number of methoxy groups -OCH3 is 1. The molecule has 1 aliphatic carbocycles. The Labute approximate surface area is 158 Å². The van der Waals surface area contributed by atoms with E-state index < -0.39 is 5.82 Å². The predicted molar refractivity (Wildman–Crippen MR) is 106 cm³/mol. The molecule has 1 aromatic carbocycles. The van der Waals surface area contributed by atoms with Gasteiger partial charge in [-0.3, -0.25) is 9.36 Å². The lowest BCUT2D eigenvalue weighted by Gasteiger charge is -2.09. The van der Waals surface area contributed by atoms with Crippen LogP contribution in [0.4, 0.5) is 10.1 Å². The van der Waals surface area contributed by atoms with Crippen LogP contribution in [0.3, 0.4) is 0 Å². The van der Waals surface area contributed by atoms with Gasteiger partial charge in [0.1, 0.15) is 15.3 Å². The Hall–Kier alpha value is -2.93. The van der Waals surface area contributed by atoms with E-state index in [0.717, 1.165) is 34.1 Å². The van der Waals surface area contributed by atoms with E-state index >= 15 is 0 Å². The van der Waals surface area contributed by atoms with Crippen molar-refractivity contribution in [3.8, 4) is 11.4 Å². The summed E-state index contributed by atoms with van der Waals surface area (Å²) in [5.74, 6) is -0.0987. The van der Waals surface area contributed by atoms with E-state index in [1.165, 1.54) is 29.1 Å². The van der Waals surface area contributed by atoms with Crippen molar-refractivity contribution in [3.63, 3.8) is 0 Å². The molecule has 27 heavy (non-hydrogen) atoms. The Kier molecular flexibility index (Phi) is 3.65. The van der Waals surface area contributed by atoms with Crippen molar-refractivity contribution in [3.05, 3.63) is 58.9 Å². The normalized spacial score (nSPS) is 14.0. The third-order valence-corrected chi connectivity index (χ3v) is 5.89. The number of rotatable bonds is 4. The number of anilines is 1. The third-order valence-electron chi connectivity index (χ3n) is 4.78. The average molecular weight is 381 g/mol. The number of halogens is 1. The summed E-state index contributed by atoms with van der Waals surface area (Å²) in [6, 6.07) is 8.77. The number of hydrogen-bond donors (Lipinski definition) is 1. The van der Waals surface area contributed by atoms with Gasteiger partial charge in [0.05, 0.1) is 12.8 Å². The molecule has 3 heterocycles. The van der Waals surface area contributed by atoms with Crippen LogP contribution in [-0.4, -0.2) is 22.7 Å². The summed E-state index contributed by atoms with van der Waals surface area (Å²) in [4.78, 5) is 18.3. The van der Waals surface area contributed by atoms with Gasteiger partial charge in [-0.25, -0.2) is 9.37 Å². The maximum Gasteiger partial charge on any atom is 0.273 e. The largest absolute Gasteiger partial charge is 0.497 e. The lowest BCUT2D eigenvalue weighted by Crippen LogP contribution is -2.17. The van der Waals surface area contributed by atoms with Crippen LogP contribution in [0.5, 0.6) is 5.75 Å². The highest BCUT2D eigenvalue weighted by Crippen LogP contribution is 2.37. The Morgan fingerprint density at radius 2 is 2.15 bits per heavy atom. The highest BCUT2D eigenvalue weighted by Gasteiger charge is 2.23. The number of thiophene rings is 1. The van der Waals surface area contributed by atoms with Crippen molar-refractivity contribution in [1.82, 2.24) is 9.55 Å². The van der Waals surface area contributed by atoms with Gasteiger partial charge in [-0.2, -0.15) is 0 Å². The van der Waals surface area contributed by atoms with Gasteiger partial charge in [0.15, 0.2) is 5.82 Å². The first-order chi connectivity index (χ1) is 13.2. The first-order valence-corrected chi connectivity index (χ1v) is 9.50. The molecule has 1 aliphatic rings. The molecule has 5 nitrogen and oxygen atoms in total. The van der Waals surface area contributed by atoms with Crippen LogP contribution in [0.1, 0.15) is 12.8 Å². The van der Waals surface area contributed by atoms with E-state index in [-0.39, 0.29) is 11.2 Å². The summed E-state index contributed by atoms with van der Waals surface area (Å²) in [6.45, 7) is 0. The Morgan fingerprint density at radius 1 is 1.30 bits per heavy atom. The summed E-state index contributed by atoms with van der Waals surface area (Å²) in [6.07, 6.45) is 5.70. The topological polar surface area (TPSA) is 56.1 Å². The quantitative estimate of drug-likeness (QED) is 0.572. The molecule has 1 fully saturated rings. The highest BCUT2D eigenvalue weighted by molar-refractivity contribution is 7.25. The second kappa shape index (κ2) is 6.06. The third kappa shape index (κ3) is 2.66. The minimum absolute atomic E-state index is 0.199. The van der Waals surface area contributed by atoms with E-state index in [1.54, 1.807) is 24.5 Å². The molecule has 1 N–H and O–H groups in total. The van der Waals surface area contributed by atoms with Crippen LogP contribution in [0.25, 0.3) is 26.0 Å². The zero-order chi connectivity index (χ0) is 18.5. The van der Waals surface area contributed by atoms with E-state index in [9.17, 15) is 9.18 Å². The van der Waals surface area contributed by atoms with Crippen LogP contribution < -0.4 is 15.6 Å². The lowest BCUT2D eigenvalue weighted by atomic mass is 10.2.